The van der Waals surface area contributed by atoms with Crippen LogP contribution in [0.3, 0.4) is 0 Å². The molecule has 1 aliphatic heterocycles. The number of benzene rings is 2. The maximum absolute atomic E-state index is 12.8. The van der Waals surface area contributed by atoms with Gasteiger partial charge in [-0.05, 0) is 49.2 Å². The summed E-state index contributed by atoms with van der Waals surface area (Å²) in [6.07, 6.45) is 3.89. The maximum Gasteiger partial charge on any atom is 0.243 e. The average molecular weight is 428 g/mol. The summed E-state index contributed by atoms with van der Waals surface area (Å²) in [6, 6.07) is 9.00. The lowest BCUT2D eigenvalue weighted by molar-refractivity contribution is 0.424. The minimum absolute atomic E-state index is 0.0790. The highest BCUT2D eigenvalue weighted by molar-refractivity contribution is 7.89. The molecule has 0 bridgehead atoms. The lowest BCUT2D eigenvalue weighted by Crippen LogP contribution is -2.31. The molecule has 0 unspecified atom stereocenters. The van der Waals surface area contributed by atoms with Crippen molar-refractivity contribution >= 4 is 44.6 Å². The van der Waals surface area contributed by atoms with E-state index in [0.29, 0.717) is 23.8 Å². The Balaban J connectivity index is 1.79. The monoisotopic (exact) mass is 427 g/mol. The van der Waals surface area contributed by atoms with Gasteiger partial charge < -0.3 is 5.11 Å². The van der Waals surface area contributed by atoms with E-state index < -0.39 is 10.0 Å². The Morgan fingerprint density at radius 1 is 0.926 bits per heavy atom. The Morgan fingerprint density at radius 3 is 2.19 bits per heavy atom. The van der Waals surface area contributed by atoms with Crippen LogP contribution in [0.4, 0.5) is 11.4 Å². The third kappa shape index (κ3) is 4.79. The van der Waals surface area contributed by atoms with Crippen LogP contribution in [0.15, 0.2) is 51.5 Å². The number of phenolic OH excluding ortho intramolecular Hbond substituents is 1. The maximum atomic E-state index is 12.8. The molecule has 27 heavy (non-hydrogen) atoms. The Bertz CT molecular complexity index is 939. The summed E-state index contributed by atoms with van der Waals surface area (Å²) in [4.78, 5) is 0.233. The first-order valence-corrected chi connectivity index (χ1v) is 10.8. The van der Waals surface area contributed by atoms with Gasteiger partial charge in [-0.25, -0.2) is 8.42 Å². The SMILES string of the molecule is O=S(=O)(c1ccc(N=Nc2cc(Cl)cc(Cl)c2O)cc1)N1CCCCCC1. The summed E-state index contributed by atoms with van der Waals surface area (Å²) in [7, 11) is -3.50. The number of nitrogens with zero attached hydrogens (tertiary/aromatic N) is 3. The van der Waals surface area contributed by atoms with Gasteiger partial charge in [0.15, 0.2) is 5.75 Å². The molecule has 0 saturated carbocycles. The average Bonchev–Trinajstić information content (AvgIpc) is 2.94. The molecule has 2 aromatic carbocycles. The van der Waals surface area contributed by atoms with Crippen LogP contribution in [0.25, 0.3) is 0 Å². The van der Waals surface area contributed by atoms with Crippen LogP contribution in [0.2, 0.25) is 10.0 Å². The van der Waals surface area contributed by atoms with E-state index in [9.17, 15) is 13.5 Å². The molecule has 3 rings (SSSR count). The number of hydrogen-bond donors (Lipinski definition) is 1. The first kappa shape index (κ1) is 20.1. The standard InChI is InChI=1S/C18H19Cl2N3O3S/c19-13-11-16(20)18(24)17(12-13)22-21-14-5-7-15(8-6-14)27(25,26)23-9-3-1-2-4-10-23/h5-8,11-12,24H,1-4,9-10H2. The largest absolute Gasteiger partial charge is 0.504 e. The predicted octanol–water partition coefficient (Wildman–Crippen LogP) is 5.68. The number of sulfonamides is 1. The molecule has 6 nitrogen and oxygen atoms in total. The Hall–Kier alpha value is -1.67. The van der Waals surface area contributed by atoms with Crippen LogP contribution in [0.1, 0.15) is 25.7 Å². The fourth-order valence-corrected chi connectivity index (χ4v) is 4.86. The van der Waals surface area contributed by atoms with E-state index in [2.05, 4.69) is 10.2 Å². The first-order chi connectivity index (χ1) is 12.9. The van der Waals surface area contributed by atoms with Crippen LogP contribution in [-0.2, 0) is 10.0 Å². The number of azo groups is 1. The fourth-order valence-electron chi connectivity index (χ4n) is 2.86. The zero-order valence-electron chi connectivity index (χ0n) is 14.5. The second-order valence-corrected chi connectivity index (χ2v) is 9.05. The van der Waals surface area contributed by atoms with Crippen molar-refractivity contribution in [2.45, 2.75) is 30.6 Å². The predicted molar refractivity (Wildman–Crippen MR) is 106 cm³/mol. The van der Waals surface area contributed by atoms with E-state index in [0.717, 1.165) is 25.7 Å². The molecular weight excluding hydrogens is 409 g/mol. The molecule has 1 fully saturated rings. The molecule has 1 N–H and O–H groups in total. The van der Waals surface area contributed by atoms with Crippen molar-refractivity contribution < 1.29 is 13.5 Å². The number of hydrogen-bond acceptors (Lipinski definition) is 5. The molecule has 0 aromatic heterocycles. The highest BCUT2D eigenvalue weighted by Gasteiger charge is 2.24. The summed E-state index contributed by atoms with van der Waals surface area (Å²) in [6.45, 7) is 1.11. The van der Waals surface area contributed by atoms with Crippen molar-refractivity contribution in [2.75, 3.05) is 13.1 Å². The summed E-state index contributed by atoms with van der Waals surface area (Å²) in [5.74, 6) is -0.217. The van der Waals surface area contributed by atoms with Gasteiger partial charge in [-0.2, -0.15) is 9.42 Å². The fraction of sp³-hybridized carbons (Fsp3) is 0.333. The van der Waals surface area contributed by atoms with Gasteiger partial charge in [0.05, 0.1) is 15.6 Å². The van der Waals surface area contributed by atoms with Gasteiger partial charge >= 0.3 is 0 Å². The molecule has 2 aromatic rings. The molecule has 1 saturated heterocycles. The van der Waals surface area contributed by atoms with Gasteiger partial charge in [-0.15, -0.1) is 5.11 Å². The van der Waals surface area contributed by atoms with E-state index in [1.54, 1.807) is 16.4 Å². The van der Waals surface area contributed by atoms with Crippen LogP contribution in [0, 0.1) is 0 Å². The third-order valence-corrected chi connectivity index (χ3v) is 6.74. The zero-order valence-corrected chi connectivity index (χ0v) is 16.8. The van der Waals surface area contributed by atoms with E-state index in [4.69, 9.17) is 23.2 Å². The molecule has 144 valence electrons. The molecular formula is C18H19Cl2N3O3S. The van der Waals surface area contributed by atoms with E-state index >= 15 is 0 Å². The van der Waals surface area contributed by atoms with Crippen molar-refractivity contribution in [3.8, 4) is 5.75 Å². The smallest absolute Gasteiger partial charge is 0.243 e. The summed E-state index contributed by atoms with van der Waals surface area (Å²) >= 11 is 11.7. The van der Waals surface area contributed by atoms with Crippen molar-refractivity contribution in [3.63, 3.8) is 0 Å². The molecule has 1 heterocycles. The van der Waals surface area contributed by atoms with Crippen molar-refractivity contribution in [1.29, 1.82) is 0 Å². The molecule has 9 heteroatoms. The highest BCUT2D eigenvalue weighted by Crippen LogP contribution is 2.37. The van der Waals surface area contributed by atoms with Crippen LogP contribution < -0.4 is 0 Å². The lowest BCUT2D eigenvalue weighted by Gasteiger charge is -2.19. The van der Waals surface area contributed by atoms with Crippen molar-refractivity contribution in [3.05, 3.63) is 46.4 Å². The second kappa shape index (κ2) is 8.56. The second-order valence-electron chi connectivity index (χ2n) is 6.27. The molecule has 0 amide bonds. The molecule has 1 aliphatic rings. The summed E-state index contributed by atoms with van der Waals surface area (Å²) in [5, 5.41) is 18.2. The van der Waals surface area contributed by atoms with Gasteiger partial charge in [-0.3, -0.25) is 0 Å². The van der Waals surface area contributed by atoms with Gasteiger partial charge in [-0.1, -0.05) is 36.0 Å². The van der Waals surface area contributed by atoms with Crippen molar-refractivity contribution in [1.82, 2.24) is 4.31 Å². The molecule has 0 atom stereocenters. The van der Waals surface area contributed by atoms with E-state index in [1.807, 2.05) is 0 Å². The normalized spacial score (nSPS) is 16.5. The minimum atomic E-state index is -3.50. The molecule has 0 radical (unpaired) electrons. The number of rotatable bonds is 4. The quantitative estimate of drug-likeness (QED) is 0.636. The van der Waals surface area contributed by atoms with Gasteiger partial charge in [0.2, 0.25) is 10.0 Å². The van der Waals surface area contributed by atoms with Crippen LogP contribution >= 0.6 is 23.2 Å². The Morgan fingerprint density at radius 2 is 1.56 bits per heavy atom. The third-order valence-electron chi connectivity index (χ3n) is 4.32. The highest BCUT2D eigenvalue weighted by atomic mass is 35.5. The summed E-state index contributed by atoms with van der Waals surface area (Å²) in [5.41, 5.74) is 0.578. The minimum Gasteiger partial charge on any atom is -0.504 e. The first-order valence-electron chi connectivity index (χ1n) is 8.58. The Labute approximate surface area is 168 Å². The van der Waals surface area contributed by atoms with Gasteiger partial charge in [0, 0.05) is 18.1 Å². The van der Waals surface area contributed by atoms with Crippen molar-refractivity contribution in [2.24, 2.45) is 10.2 Å². The topological polar surface area (TPSA) is 82.3 Å². The van der Waals surface area contributed by atoms with E-state index in [1.165, 1.54) is 24.3 Å². The molecule has 0 aliphatic carbocycles. The van der Waals surface area contributed by atoms with E-state index in [-0.39, 0.29) is 21.4 Å². The van der Waals surface area contributed by atoms with Crippen LogP contribution in [0.5, 0.6) is 5.75 Å². The number of phenols is 1. The molecule has 0 spiro atoms. The van der Waals surface area contributed by atoms with Crippen LogP contribution in [-0.4, -0.2) is 30.9 Å². The van der Waals surface area contributed by atoms with Gasteiger partial charge in [0.1, 0.15) is 5.69 Å². The van der Waals surface area contributed by atoms with Gasteiger partial charge in [0.25, 0.3) is 0 Å². The zero-order chi connectivity index (χ0) is 19.4. The number of halogens is 2. The Kier molecular flexibility index (Phi) is 6.37. The lowest BCUT2D eigenvalue weighted by atomic mass is 10.2. The summed E-state index contributed by atoms with van der Waals surface area (Å²) < 4.78 is 27.1. The number of aromatic hydroxyl groups is 1.